The molecular weight excluding hydrogens is 394 g/mol. The Morgan fingerprint density at radius 1 is 1.21 bits per heavy atom. The first kappa shape index (κ1) is 21.1. The van der Waals surface area contributed by atoms with Crippen LogP contribution in [0.15, 0.2) is 23.1 Å². The molecule has 2 aliphatic rings. The van der Waals surface area contributed by atoms with Crippen molar-refractivity contribution in [3.8, 4) is 0 Å². The van der Waals surface area contributed by atoms with E-state index >= 15 is 0 Å². The Balaban J connectivity index is 0.00000225. The minimum absolute atomic E-state index is 0. The first-order chi connectivity index (χ1) is 13.1. The Bertz CT molecular complexity index is 832. The summed E-state index contributed by atoms with van der Waals surface area (Å²) in [6, 6.07) is 6.41. The molecule has 2 aromatic rings. The van der Waals surface area contributed by atoms with Crippen LogP contribution in [0.5, 0.6) is 0 Å². The SMILES string of the molecule is Cc1ccc(C)c(SCC(=O)N2CCC(c3nnc4n3CCNC4)CC2)c1.Cl. The van der Waals surface area contributed by atoms with E-state index in [1.54, 1.807) is 11.8 Å². The van der Waals surface area contributed by atoms with Crippen molar-refractivity contribution in [3.63, 3.8) is 0 Å². The number of hydrogen-bond acceptors (Lipinski definition) is 5. The molecule has 3 heterocycles. The molecule has 0 unspecified atom stereocenters. The third-order valence-electron chi connectivity index (χ3n) is 5.56. The van der Waals surface area contributed by atoms with E-state index in [0.29, 0.717) is 11.7 Å². The topological polar surface area (TPSA) is 63.1 Å². The second-order valence-electron chi connectivity index (χ2n) is 7.52. The number of likely N-dealkylation sites (tertiary alicyclic amines) is 1. The van der Waals surface area contributed by atoms with Gasteiger partial charge in [-0.2, -0.15) is 0 Å². The summed E-state index contributed by atoms with van der Waals surface area (Å²) in [5.41, 5.74) is 2.48. The molecule has 152 valence electrons. The molecule has 2 aliphatic heterocycles. The number of halogens is 1. The molecule has 0 radical (unpaired) electrons. The smallest absolute Gasteiger partial charge is 0.232 e. The number of piperidine rings is 1. The van der Waals surface area contributed by atoms with Gasteiger partial charge in [-0.1, -0.05) is 17.7 Å². The molecule has 1 saturated heterocycles. The van der Waals surface area contributed by atoms with Gasteiger partial charge in [0, 0.05) is 37.0 Å². The molecule has 1 aromatic carbocycles. The molecular formula is C20H28ClN5OS. The van der Waals surface area contributed by atoms with Crippen LogP contribution in [0, 0.1) is 13.8 Å². The van der Waals surface area contributed by atoms with Crippen molar-refractivity contribution in [1.29, 1.82) is 0 Å². The number of carbonyl (C=O) groups is 1. The Hall–Kier alpha value is -1.57. The van der Waals surface area contributed by atoms with Crippen LogP contribution in [0.25, 0.3) is 0 Å². The number of thioether (sulfide) groups is 1. The molecule has 0 atom stereocenters. The molecule has 0 saturated carbocycles. The highest BCUT2D eigenvalue weighted by Gasteiger charge is 2.28. The minimum atomic E-state index is 0. The second-order valence-corrected chi connectivity index (χ2v) is 8.53. The molecule has 1 aromatic heterocycles. The van der Waals surface area contributed by atoms with Crippen molar-refractivity contribution >= 4 is 30.1 Å². The summed E-state index contributed by atoms with van der Waals surface area (Å²) in [7, 11) is 0. The summed E-state index contributed by atoms with van der Waals surface area (Å²) in [6.07, 6.45) is 1.96. The van der Waals surface area contributed by atoms with Crippen LogP contribution in [0.3, 0.4) is 0 Å². The van der Waals surface area contributed by atoms with Gasteiger partial charge >= 0.3 is 0 Å². The maximum absolute atomic E-state index is 12.7. The normalized spacial score (nSPS) is 17.1. The number of benzene rings is 1. The molecule has 4 rings (SSSR count). The van der Waals surface area contributed by atoms with Crippen LogP contribution in [0.4, 0.5) is 0 Å². The van der Waals surface area contributed by atoms with Crippen LogP contribution in [-0.4, -0.2) is 51.0 Å². The third kappa shape index (κ3) is 4.53. The average Bonchev–Trinajstić information content (AvgIpc) is 3.13. The fourth-order valence-electron chi connectivity index (χ4n) is 3.90. The number of aryl methyl sites for hydroxylation is 2. The van der Waals surface area contributed by atoms with Crippen LogP contribution in [-0.2, 0) is 17.9 Å². The summed E-state index contributed by atoms with van der Waals surface area (Å²) < 4.78 is 2.27. The van der Waals surface area contributed by atoms with Gasteiger partial charge < -0.3 is 14.8 Å². The Morgan fingerprint density at radius 3 is 2.79 bits per heavy atom. The fraction of sp³-hybridized carbons (Fsp3) is 0.550. The quantitative estimate of drug-likeness (QED) is 0.769. The van der Waals surface area contributed by atoms with Gasteiger partial charge in [0.15, 0.2) is 0 Å². The zero-order valence-corrected chi connectivity index (χ0v) is 18.1. The number of fused-ring (bicyclic) bond motifs is 1. The van der Waals surface area contributed by atoms with E-state index in [-0.39, 0.29) is 18.3 Å². The first-order valence-corrected chi connectivity index (χ1v) is 10.7. The highest BCUT2D eigenvalue weighted by atomic mass is 35.5. The van der Waals surface area contributed by atoms with Gasteiger partial charge in [-0.15, -0.1) is 34.4 Å². The van der Waals surface area contributed by atoms with Crippen LogP contribution >= 0.6 is 24.2 Å². The number of rotatable bonds is 4. The van der Waals surface area contributed by atoms with E-state index in [2.05, 4.69) is 52.1 Å². The largest absolute Gasteiger partial charge is 0.342 e. The second kappa shape index (κ2) is 9.29. The van der Waals surface area contributed by atoms with Crippen molar-refractivity contribution in [1.82, 2.24) is 25.0 Å². The number of nitrogens with zero attached hydrogens (tertiary/aromatic N) is 4. The monoisotopic (exact) mass is 421 g/mol. The van der Waals surface area contributed by atoms with E-state index in [1.807, 2.05) is 4.90 Å². The Kier molecular flexibility index (Phi) is 7.01. The summed E-state index contributed by atoms with van der Waals surface area (Å²) in [4.78, 5) is 15.9. The standard InChI is InChI=1S/C20H27N5OS.ClH/c1-14-3-4-15(2)17(11-14)27-13-19(26)24-8-5-16(6-9-24)20-23-22-18-12-21-7-10-25(18)20;/h3-4,11,16,21H,5-10,12-13H2,1-2H3;1H. The number of carbonyl (C=O) groups excluding carboxylic acids is 1. The molecule has 0 aliphatic carbocycles. The number of nitrogens with one attached hydrogen (secondary N) is 1. The third-order valence-corrected chi connectivity index (χ3v) is 6.70. The molecule has 1 N–H and O–H groups in total. The number of aromatic nitrogens is 3. The van der Waals surface area contributed by atoms with Crippen LogP contribution in [0.1, 0.15) is 41.5 Å². The lowest BCUT2D eigenvalue weighted by atomic mass is 9.95. The summed E-state index contributed by atoms with van der Waals surface area (Å²) in [5, 5.41) is 12.1. The lowest BCUT2D eigenvalue weighted by molar-refractivity contribution is -0.129. The molecule has 1 fully saturated rings. The van der Waals surface area contributed by atoms with E-state index in [4.69, 9.17) is 0 Å². The van der Waals surface area contributed by atoms with Crippen molar-refractivity contribution in [2.24, 2.45) is 0 Å². The van der Waals surface area contributed by atoms with E-state index < -0.39 is 0 Å². The Labute approximate surface area is 176 Å². The predicted molar refractivity (Wildman–Crippen MR) is 114 cm³/mol. The lowest BCUT2D eigenvalue weighted by Gasteiger charge is -2.32. The first-order valence-electron chi connectivity index (χ1n) is 9.72. The van der Waals surface area contributed by atoms with Crippen molar-refractivity contribution in [3.05, 3.63) is 41.0 Å². The zero-order chi connectivity index (χ0) is 18.8. The summed E-state index contributed by atoms with van der Waals surface area (Å²) >= 11 is 1.66. The van der Waals surface area contributed by atoms with Gasteiger partial charge in [0.2, 0.25) is 5.91 Å². The maximum atomic E-state index is 12.7. The molecule has 0 spiro atoms. The molecule has 1 amide bonds. The lowest BCUT2D eigenvalue weighted by Crippen LogP contribution is -2.39. The summed E-state index contributed by atoms with van der Waals surface area (Å²) in [5.74, 6) is 3.33. The van der Waals surface area contributed by atoms with Gasteiger partial charge in [0.1, 0.15) is 11.6 Å². The molecule has 28 heavy (non-hydrogen) atoms. The average molecular weight is 422 g/mol. The molecule has 6 nitrogen and oxygen atoms in total. The van der Waals surface area contributed by atoms with Crippen molar-refractivity contribution in [2.75, 3.05) is 25.4 Å². The Morgan fingerprint density at radius 2 is 2.00 bits per heavy atom. The van der Waals surface area contributed by atoms with Crippen molar-refractivity contribution < 1.29 is 4.79 Å². The number of amides is 1. The number of hydrogen-bond donors (Lipinski definition) is 1. The van der Waals surface area contributed by atoms with Gasteiger partial charge in [-0.05, 0) is 38.3 Å². The van der Waals surface area contributed by atoms with E-state index in [0.717, 1.165) is 57.2 Å². The van der Waals surface area contributed by atoms with Crippen molar-refractivity contribution in [2.45, 2.75) is 50.6 Å². The van der Waals surface area contributed by atoms with E-state index in [9.17, 15) is 4.79 Å². The van der Waals surface area contributed by atoms with Gasteiger partial charge in [0.05, 0.1) is 12.3 Å². The molecule has 8 heteroatoms. The van der Waals surface area contributed by atoms with Gasteiger partial charge in [-0.3, -0.25) is 4.79 Å². The van der Waals surface area contributed by atoms with Crippen LogP contribution < -0.4 is 5.32 Å². The van der Waals surface area contributed by atoms with Gasteiger partial charge in [0.25, 0.3) is 0 Å². The highest BCUT2D eigenvalue weighted by molar-refractivity contribution is 8.00. The summed E-state index contributed by atoms with van der Waals surface area (Å²) in [6.45, 7) is 8.56. The fourth-order valence-corrected chi connectivity index (χ4v) is 4.92. The van der Waals surface area contributed by atoms with E-state index in [1.165, 1.54) is 16.0 Å². The zero-order valence-electron chi connectivity index (χ0n) is 16.5. The minimum Gasteiger partial charge on any atom is -0.342 e. The predicted octanol–water partition coefficient (Wildman–Crippen LogP) is 2.92. The van der Waals surface area contributed by atoms with Crippen LogP contribution in [0.2, 0.25) is 0 Å². The maximum Gasteiger partial charge on any atom is 0.232 e. The van der Waals surface area contributed by atoms with Gasteiger partial charge in [-0.25, -0.2) is 0 Å². The molecule has 0 bridgehead atoms. The highest BCUT2D eigenvalue weighted by Crippen LogP contribution is 2.29.